The third-order valence-corrected chi connectivity index (χ3v) is 8.37. The van der Waals surface area contributed by atoms with Crippen LogP contribution in [-0.2, 0) is 16.1 Å². The zero-order valence-corrected chi connectivity index (χ0v) is 19.6. The normalized spacial score (nSPS) is 26.8. The predicted molar refractivity (Wildman–Crippen MR) is 124 cm³/mol. The lowest BCUT2D eigenvalue weighted by Crippen LogP contribution is -2.65. The average molecular weight is 454 g/mol. The molecule has 1 spiro atoms. The fourth-order valence-corrected chi connectivity index (χ4v) is 6.23. The lowest BCUT2D eigenvalue weighted by Gasteiger charge is -2.59. The van der Waals surface area contributed by atoms with Crippen LogP contribution >= 0.6 is 0 Å². The number of hydrogen-bond donors (Lipinski definition) is 1. The Kier molecular flexibility index (Phi) is 6.16. The Balaban J connectivity index is 1.20. The minimum Gasteiger partial charge on any atom is -0.489 e. The zero-order chi connectivity index (χ0) is 23.0. The van der Waals surface area contributed by atoms with Gasteiger partial charge in [0, 0.05) is 43.7 Å². The molecule has 3 amide bonds. The molecule has 1 aromatic rings. The second-order valence-electron chi connectivity index (χ2n) is 10.6. The SMILES string of the molecule is CC(CCC(=O)NC=O)N1Cc2cc(OC3CCCCC3N3CC4(CCC4)C3)ccc2C1=O. The van der Waals surface area contributed by atoms with E-state index in [0.29, 0.717) is 30.8 Å². The molecule has 2 saturated carbocycles. The molecular formula is C26H35N3O4. The van der Waals surface area contributed by atoms with E-state index in [1.165, 1.54) is 51.6 Å². The van der Waals surface area contributed by atoms with Gasteiger partial charge in [-0.25, -0.2) is 0 Å². The van der Waals surface area contributed by atoms with E-state index in [0.717, 1.165) is 23.3 Å². The fraction of sp³-hybridized carbons (Fsp3) is 0.654. The summed E-state index contributed by atoms with van der Waals surface area (Å²) in [5.41, 5.74) is 2.34. The van der Waals surface area contributed by atoms with Crippen molar-refractivity contribution in [1.29, 1.82) is 0 Å². The Bertz CT molecular complexity index is 920. The van der Waals surface area contributed by atoms with Gasteiger partial charge < -0.3 is 9.64 Å². The number of benzene rings is 1. The quantitative estimate of drug-likeness (QED) is 0.612. The number of rotatable bonds is 8. The van der Waals surface area contributed by atoms with Gasteiger partial charge in [0.25, 0.3) is 5.91 Å². The number of fused-ring (bicyclic) bond motifs is 1. The van der Waals surface area contributed by atoms with E-state index in [4.69, 9.17) is 4.74 Å². The van der Waals surface area contributed by atoms with Crippen molar-refractivity contribution >= 4 is 18.2 Å². The van der Waals surface area contributed by atoms with E-state index >= 15 is 0 Å². The molecule has 7 nitrogen and oxygen atoms in total. The number of hydrogen-bond acceptors (Lipinski definition) is 5. The highest BCUT2D eigenvalue weighted by molar-refractivity contribution is 5.98. The van der Waals surface area contributed by atoms with Crippen LogP contribution in [0, 0.1) is 5.41 Å². The lowest BCUT2D eigenvalue weighted by atomic mass is 9.62. The van der Waals surface area contributed by atoms with Crippen molar-refractivity contribution in [3.63, 3.8) is 0 Å². The van der Waals surface area contributed by atoms with Crippen LogP contribution in [-0.4, -0.2) is 59.3 Å². The van der Waals surface area contributed by atoms with Gasteiger partial charge in [0.2, 0.25) is 12.3 Å². The molecule has 5 rings (SSSR count). The van der Waals surface area contributed by atoms with Crippen LogP contribution < -0.4 is 10.1 Å². The summed E-state index contributed by atoms with van der Waals surface area (Å²) >= 11 is 0. The molecule has 1 N–H and O–H groups in total. The van der Waals surface area contributed by atoms with Crippen molar-refractivity contribution < 1.29 is 19.1 Å². The maximum absolute atomic E-state index is 12.9. The molecule has 178 valence electrons. The van der Waals surface area contributed by atoms with Crippen molar-refractivity contribution in [1.82, 2.24) is 15.1 Å². The number of nitrogens with one attached hydrogen (secondary N) is 1. The smallest absolute Gasteiger partial charge is 0.254 e. The van der Waals surface area contributed by atoms with Gasteiger partial charge in [-0.3, -0.25) is 24.6 Å². The molecule has 0 aromatic heterocycles. The third-order valence-electron chi connectivity index (χ3n) is 8.37. The van der Waals surface area contributed by atoms with Crippen molar-refractivity contribution in [2.75, 3.05) is 13.1 Å². The van der Waals surface area contributed by atoms with Gasteiger partial charge in [0.05, 0.1) is 0 Å². The number of amides is 3. The second-order valence-corrected chi connectivity index (χ2v) is 10.6. The van der Waals surface area contributed by atoms with Crippen molar-refractivity contribution in [3.8, 4) is 5.75 Å². The first kappa shape index (κ1) is 22.4. The Morgan fingerprint density at radius 2 is 2.03 bits per heavy atom. The monoisotopic (exact) mass is 453 g/mol. The number of carbonyl (C=O) groups excluding carboxylic acids is 3. The van der Waals surface area contributed by atoms with Crippen LogP contribution in [0.5, 0.6) is 5.75 Å². The minimum absolute atomic E-state index is 0.00163. The maximum Gasteiger partial charge on any atom is 0.254 e. The summed E-state index contributed by atoms with van der Waals surface area (Å²) in [5, 5.41) is 2.15. The fourth-order valence-electron chi connectivity index (χ4n) is 6.23. The summed E-state index contributed by atoms with van der Waals surface area (Å²) in [6, 6.07) is 6.30. The zero-order valence-electron chi connectivity index (χ0n) is 19.6. The van der Waals surface area contributed by atoms with E-state index < -0.39 is 0 Å². The van der Waals surface area contributed by atoms with Gasteiger partial charge in [-0.1, -0.05) is 12.8 Å². The molecular weight excluding hydrogens is 418 g/mol. The molecule has 4 aliphatic rings. The molecule has 1 saturated heterocycles. The lowest BCUT2D eigenvalue weighted by molar-refractivity contribution is -0.125. The minimum atomic E-state index is -0.316. The van der Waals surface area contributed by atoms with Crippen LogP contribution in [0.2, 0.25) is 0 Å². The van der Waals surface area contributed by atoms with Gasteiger partial charge in [-0.05, 0) is 74.6 Å². The molecule has 2 aliphatic heterocycles. The van der Waals surface area contributed by atoms with E-state index in [1.807, 2.05) is 30.0 Å². The van der Waals surface area contributed by atoms with E-state index in [9.17, 15) is 14.4 Å². The summed E-state index contributed by atoms with van der Waals surface area (Å²) < 4.78 is 6.55. The topological polar surface area (TPSA) is 79.0 Å². The highest BCUT2D eigenvalue weighted by atomic mass is 16.5. The number of nitrogens with zero attached hydrogens (tertiary/aromatic N) is 2. The highest BCUT2D eigenvalue weighted by Crippen LogP contribution is 2.50. The summed E-state index contributed by atoms with van der Waals surface area (Å²) in [4.78, 5) is 39.4. The van der Waals surface area contributed by atoms with Crippen LogP contribution in [0.1, 0.15) is 80.6 Å². The first-order chi connectivity index (χ1) is 16.0. The average Bonchev–Trinajstić information content (AvgIpc) is 3.07. The van der Waals surface area contributed by atoms with E-state index in [1.54, 1.807) is 0 Å². The summed E-state index contributed by atoms with van der Waals surface area (Å²) in [7, 11) is 0. The molecule has 1 aromatic carbocycles. The second kappa shape index (κ2) is 9.09. The first-order valence-corrected chi connectivity index (χ1v) is 12.6. The van der Waals surface area contributed by atoms with E-state index in [-0.39, 0.29) is 30.4 Å². The van der Waals surface area contributed by atoms with Gasteiger partial charge in [0.15, 0.2) is 0 Å². The van der Waals surface area contributed by atoms with Gasteiger partial charge >= 0.3 is 0 Å². The number of imide groups is 1. The molecule has 33 heavy (non-hydrogen) atoms. The maximum atomic E-state index is 12.9. The van der Waals surface area contributed by atoms with Crippen LogP contribution in [0.3, 0.4) is 0 Å². The molecule has 3 unspecified atom stereocenters. The Morgan fingerprint density at radius 3 is 2.76 bits per heavy atom. The standard InChI is InChI=1S/C26H35N3O4/c1-18(7-10-24(31)27-17-30)29-14-19-13-20(8-9-21(19)25(29)32)33-23-6-3-2-5-22(23)28-15-26(16-28)11-4-12-26/h8-9,13,17-18,22-23H,2-7,10-12,14-16H2,1H3,(H,27,30,31). The number of likely N-dealkylation sites (tertiary alicyclic amines) is 1. The molecule has 0 radical (unpaired) electrons. The first-order valence-electron chi connectivity index (χ1n) is 12.6. The molecule has 3 fully saturated rings. The number of carbonyl (C=O) groups is 3. The van der Waals surface area contributed by atoms with Crippen molar-refractivity contribution in [2.24, 2.45) is 5.41 Å². The Morgan fingerprint density at radius 1 is 1.24 bits per heavy atom. The molecule has 3 atom stereocenters. The van der Waals surface area contributed by atoms with Crippen molar-refractivity contribution in [3.05, 3.63) is 29.3 Å². The van der Waals surface area contributed by atoms with Gasteiger partial charge in [-0.15, -0.1) is 0 Å². The van der Waals surface area contributed by atoms with Crippen LogP contribution in [0.25, 0.3) is 0 Å². The number of ether oxygens (including phenoxy) is 1. The molecule has 7 heteroatoms. The Labute approximate surface area is 195 Å². The summed E-state index contributed by atoms with van der Waals surface area (Å²) in [5.74, 6) is 0.545. The van der Waals surface area contributed by atoms with Crippen LogP contribution in [0.15, 0.2) is 18.2 Å². The largest absolute Gasteiger partial charge is 0.489 e. The molecule has 0 bridgehead atoms. The van der Waals surface area contributed by atoms with E-state index in [2.05, 4.69) is 10.2 Å². The third kappa shape index (κ3) is 4.39. The molecule has 2 heterocycles. The van der Waals surface area contributed by atoms with Crippen molar-refractivity contribution in [2.45, 2.75) is 89.4 Å². The summed E-state index contributed by atoms with van der Waals surface area (Å²) in [6.45, 7) is 4.97. The predicted octanol–water partition coefficient (Wildman–Crippen LogP) is 3.26. The van der Waals surface area contributed by atoms with Crippen LogP contribution in [0.4, 0.5) is 0 Å². The van der Waals surface area contributed by atoms with Gasteiger partial charge in [-0.2, -0.15) is 0 Å². The summed E-state index contributed by atoms with van der Waals surface area (Å²) in [6.07, 6.45) is 10.4. The molecule has 2 aliphatic carbocycles. The highest BCUT2D eigenvalue weighted by Gasteiger charge is 2.50. The van der Waals surface area contributed by atoms with Gasteiger partial charge in [0.1, 0.15) is 11.9 Å². The Hall–Kier alpha value is -2.41.